The smallest absolute Gasteiger partial charge is 0.227 e. The van der Waals surface area contributed by atoms with E-state index >= 15 is 0 Å². The fourth-order valence-electron chi connectivity index (χ4n) is 6.34. The van der Waals surface area contributed by atoms with Crippen LogP contribution in [0.2, 0.25) is 0 Å². The van der Waals surface area contributed by atoms with Gasteiger partial charge in [-0.3, -0.25) is 14.5 Å². The lowest BCUT2D eigenvalue weighted by Crippen LogP contribution is -2.38. The van der Waals surface area contributed by atoms with Crippen molar-refractivity contribution in [3.05, 3.63) is 94.7 Å². The second-order valence-electron chi connectivity index (χ2n) is 12.7. The van der Waals surface area contributed by atoms with E-state index in [-0.39, 0.29) is 23.0 Å². The van der Waals surface area contributed by atoms with Crippen LogP contribution in [-0.4, -0.2) is 25.9 Å². The molecule has 3 aromatic rings. The second kappa shape index (κ2) is 12.7. The first-order chi connectivity index (χ1) is 20.7. The van der Waals surface area contributed by atoms with Gasteiger partial charge in [0.15, 0.2) is 17.3 Å². The third-order valence-corrected chi connectivity index (χ3v) is 8.72. The molecule has 1 heterocycles. The van der Waals surface area contributed by atoms with Crippen LogP contribution in [-0.2, 0) is 15.0 Å². The molecule has 2 aliphatic rings. The van der Waals surface area contributed by atoms with Gasteiger partial charge >= 0.3 is 0 Å². The maximum Gasteiger partial charge on any atom is 0.227 e. The van der Waals surface area contributed by atoms with Gasteiger partial charge in [0.25, 0.3) is 0 Å². The fraction of sp³-hybridized carbons (Fsp3) is 0.405. The number of unbranched alkanes of at least 4 members (excludes halogenated alkanes) is 2. The van der Waals surface area contributed by atoms with Gasteiger partial charge in [0.05, 0.1) is 31.6 Å². The maximum atomic E-state index is 14.3. The van der Waals surface area contributed by atoms with Crippen molar-refractivity contribution >= 4 is 23.1 Å². The zero-order chi connectivity index (χ0) is 30.7. The lowest BCUT2D eigenvalue weighted by atomic mass is 9.77. The molecule has 5 rings (SSSR count). The Labute approximate surface area is 256 Å². The summed E-state index contributed by atoms with van der Waals surface area (Å²) in [6.45, 7) is 8.76. The number of ketones is 1. The number of nitrogens with zero attached hydrogens (tertiary/aromatic N) is 1. The molecule has 6 nitrogen and oxygen atoms in total. The lowest BCUT2D eigenvalue weighted by molar-refractivity contribution is -0.119. The molecule has 1 aliphatic heterocycles. The molecule has 43 heavy (non-hydrogen) atoms. The SMILES string of the molecule is CCCCCC(=O)N1c2ccccc2NC2=C(C(=O)CC(c3ccc(C(C)(C)C)cc3)C2)C1c1ccc(OC)c(OC)c1. The second-order valence-corrected chi connectivity index (χ2v) is 12.7. The minimum Gasteiger partial charge on any atom is -0.493 e. The summed E-state index contributed by atoms with van der Waals surface area (Å²) in [7, 11) is 3.21. The van der Waals surface area contributed by atoms with E-state index in [0.717, 1.165) is 47.5 Å². The third-order valence-electron chi connectivity index (χ3n) is 8.72. The predicted molar refractivity (Wildman–Crippen MR) is 173 cm³/mol. The van der Waals surface area contributed by atoms with Gasteiger partial charge in [-0.2, -0.15) is 0 Å². The van der Waals surface area contributed by atoms with Crippen LogP contribution in [0.25, 0.3) is 0 Å². The van der Waals surface area contributed by atoms with Crippen LogP contribution < -0.4 is 19.7 Å². The van der Waals surface area contributed by atoms with E-state index in [1.807, 2.05) is 47.4 Å². The van der Waals surface area contributed by atoms with Gasteiger partial charge < -0.3 is 14.8 Å². The highest BCUT2D eigenvalue weighted by atomic mass is 16.5. The zero-order valence-corrected chi connectivity index (χ0v) is 26.3. The van der Waals surface area contributed by atoms with Crippen LogP contribution >= 0.6 is 0 Å². The highest BCUT2D eigenvalue weighted by molar-refractivity contribution is 6.06. The summed E-state index contributed by atoms with van der Waals surface area (Å²) in [4.78, 5) is 30.3. The summed E-state index contributed by atoms with van der Waals surface area (Å²) < 4.78 is 11.2. The fourth-order valence-corrected chi connectivity index (χ4v) is 6.34. The first-order valence-corrected chi connectivity index (χ1v) is 15.4. The van der Waals surface area contributed by atoms with Crippen LogP contribution in [0.4, 0.5) is 11.4 Å². The van der Waals surface area contributed by atoms with Gasteiger partial charge in [-0.05, 0) is 65.1 Å². The van der Waals surface area contributed by atoms with Gasteiger partial charge in [-0.15, -0.1) is 0 Å². The summed E-state index contributed by atoms with van der Waals surface area (Å²) in [5.74, 6) is 1.26. The predicted octanol–water partition coefficient (Wildman–Crippen LogP) is 8.48. The molecule has 1 amide bonds. The van der Waals surface area contributed by atoms with E-state index in [9.17, 15) is 9.59 Å². The molecular formula is C37H44N2O4. The number of benzene rings is 3. The van der Waals surface area contributed by atoms with Crippen molar-refractivity contribution in [2.45, 2.75) is 83.6 Å². The number of anilines is 2. The first kappa shape index (κ1) is 30.4. The number of carbonyl (C=O) groups excluding carboxylic acids is 2. The molecule has 1 N–H and O–H groups in total. The number of nitrogens with one attached hydrogen (secondary N) is 1. The topological polar surface area (TPSA) is 67.9 Å². The molecule has 0 saturated heterocycles. The van der Waals surface area contributed by atoms with E-state index < -0.39 is 6.04 Å². The Kier molecular flexibility index (Phi) is 8.95. The Morgan fingerprint density at radius 2 is 1.60 bits per heavy atom. The molecule has 1 aliphatic carbocycles. The average molecular weight is 581 g/mol. The Bertz CT molecular complexity index is 1520. The highest BCUT2D eigenvalue weighted by Gasteiger charge is 2.41. The molecule has 6 heteroatoms. The quantitative estimate of drug-likeness (QED) is 0.271. The molecule has 0 fully saturated rings. The Balaban J connectivity index is 1.65. The molecular weight excluding hydrogens is 536 g/mol. The van der Waals surface area contributed by atoms with Gasteiger partial charge in [0, 0.05) is 24.1 Å². The minimum atomic E-state index is -0.600. The molecule has 0 saturated carbocycles. The summed E-state index contributed by atoms with van der Waals surface area (Å²) in [6, 6.07) is 21.7. The number of hydrogen-bond acceptors (Lipinski definition) is 5. The maximum absolute atomic E-state index is 14.3. The summed E-state index contributed by atoms with van der Waals surface area (Å²) >= 11 is 0. The highest BCUT2D eigenvalue weighted by Crippen LogP contribution is 2.48. The normalized spacial score (nSPS) is 18.4. The molecule has 0 bridgehead atoms. The van der Waals surface area contributed by atoms with Crippen molar-refractivity contribution in [2.75, 3.05) is 24.4 Å². The van der Waals surface area contributed by atoms with Crippen LogP contribution in [0.15, 0.2) is 78.0 Å². The number of hydrogen-bond donors (Lipinski definition) is 1. The van der Waals surface area contributed by atoms with Gasteiger partial charge in [-0.1, -0.05) is 83.0 Å². The zero-order valence-electron chi connectivity index (χ0n) is 26.3. The largest absolute Gasteiger partial charge is 0.493 e. The summed E-state index contributed by atoms with van der Waals surface area (Å²) in [5, 5.41) is 3.64. The number of methoxy groups -OCH3 is 2. The van der Waals surface area contributed by atoms with Crippen molar-refractivity contribution < 1.29 is 19.1 Å². The van der Waals surface area contributed by atoms with E-state index in [0.29, 0.717) is 36.3 Å². The Morgan fingerprint density at radius 1 is 0.907 bits per heavy atom. The van der Waals surface area contributed by atoms with Crippen LogP contribution in [0, 0.1) is 0 Å². The van der Waals surface area contributed by atoms with E-state index in [4.69, 9.17) is 9.47 Å². The molecule has 2 unspecified atom stereocenters. The number of Topliss-reactive ketones (excluding diaryl/α,β-unsaturated/α-hetero) is 1. The Morgan fingerprint density at radius 3 is 2.28 bits per heavy atom. The minimum absolute atomic E-state index is 0.00364. The van der Waals surface area contributed by atoms with Crippen molar-refractivity contribution in [2.24, 2.45) is 0 Å². The number of fused-ring (bicyclic) bond motifs is 1. The average Bonchev–Trinajstić information content (AvgIpc) is 3.15. The summed E-state index contributed by atoms with van der Waals surface area (Å²) in [5.41, 5.74) is 6.42. The molecule has 0 aromatic heterocycles. The number of carbonyl (C=O) groups is 2. The van der Waals surface area contributed by atoms with Crippen molar-refractivity contribution in [3.8, 4) is 11.5 Å². The van der Waals surface area contributed by atoms with Crippen molar-refractivity contribution in [1.82, 2.24) is 0 Å². The van der Waals surface area contributed by atoms with E-state index in [1.165, 1.54) is 5.56 Å². The monoisotopic (exact) mass is 580 g/mol. The van der Waals surface area contributed by atoms with E-state index in [1.54, 1.807) is 14.2 Å². The Hall–Kier alpha value is -4.06. The summed E-state index contributed by atoms with van der Waals surface area (Å²) in [6.07, 6.45) is 4.26. The van der Waals surface area contributed by atoms with Gasteiger partial charge in [0.2, 0.25) is 5.91 Å². The van der Waals surface area contributed by atoms with Crippen molar-refractivity contribution in [1.29, 1.82) is 0 Å². The number of ether oxygens (including phenoxy) is 2. The van der Waals surface area contributed by atoms with E-state index in [2.05, 4.69) is 57.3 Å². The van der Waals surface area contributed by atoms with Crippen LogP contribution in [0.5, 0.6) is 11.5 Å². The number of para-hydroxylation sites is 2. The molecule has 3 aromatic carbocycles. The third kappa shape index (κ3) is 6.20. The standard InChI is InChI=1S/C37H44N2O4/c1-7-8-9-14-34(41)39-30-13-11-10-12-28(30)38-29-21-26(24-15-18-27(19-16-24)37(2,3)4)22-31(40)35(29)36(39)25-17-20-32(42-5)33(23-25)43-6/h10-13,15-20,23,26,36,38H,7-9,14,21-22H2,1-6H3. The number of amides is 1. The molecule has 0 spiro atoms. The van der Waals surface area contributed by atoms with Crippen LogP contribution in [0.3, 0.4) is 0 Å². The molecule has 226 valence electrons. The molecule has 0 radical (unpaired) electrons. The van der Waals surface area contributed by atoms with Crippen LogP contribution in [0.1, 0.15) is 94.9 Å². The van der Waals surface area contributed by atoms with Crippen molar-refractivity contribution in [3.63, 3.8) is 0 Å². The number of rotatable bonds is 8. The van der Waals surface area contributed by atoms with Gasteiger partial charge in [0.1, 0.15) is 0 Å². The number of allylic oxidation sites excluding steroid dienone is 1. The lowest BCUT2D eigenvalue weighted by Gasteiger charge is -2.35. The first-order valence-electron chi connectivity index (χ1n) is 15.4. The van der Waals surface area contributed by atoms with Gasteiger partial charge in [-0.25, -0.2) is 0 Å². The molecule has 2 atom stereocenters.